The third-order valence-corrected chi connectivity index (χ3v) is 6.30. The van der Waals surface area contributed by atoms with Crippen molar-refractivity contribution in [2.75, 3.05) is 5.32 Å². The maximum absolute atomic E-state index is 13.6. The van der Waals surface area contributed by atoms with Crippen molar-refractivity contribution in [3.05, 3.63) is 130 Å². The lowest BCUT2D eigenvalue weighted by Crippen LogP contribution is -2.42. The fourth-order valence-electron chi connectivity index (χ4n) is 4.31. The van der Waals surface area contributed by atoms with E-state index in [1.165, 1.54) is 0 Å². The summed E-state index contributed by atoms with van der Waals surface area (Å²) in [6.45, 7) is 1.72. The first-order chi connectivity index (χ1) is 17.4. The largest absolute Gasteiger partial charge is 0.375 e. The molecule has 0 saturated heterocycles. The van der Waals surface area contributed by atoms with Gasteiger partial charge in [-0.05, 0) is 47.4 Å². The zero-order valence-electron chi connectivity index (χ0n) is 19.6. The van der Waals surface area contributed by atoms with Crippen LogP contribution in [-0.2, 0) is 16.8 Å². The number of hydrogen-bond acceptors (Lipinski definition) is 5. The first-order valence-corrected chi connectivity index (χ1v) is 11.6. The molecule has 0 aliphatic rings. The molecule has 0 saturated carbocycles. The molecule has 5 aromatic rings. The highest BCUT2D eigenvalue weighted by Gasteiger charge is 2.38. The number of hydrogen-bond donors (Lipinski definition) is 2. The number of aliphatic hydroxyl groups is 1. The Bertz CT molecular complexity index is 1580. The van der Waals surface area contributed by atoms with Crippen LogP contribution in [0.4, 0.5) is 5.69 Å². The van der Waals surface area contributed by atoms with Crippen LogP contribution < -0.4 is 10.9 Å². The average molecular weight is 477 g/mol. The van der Waals surface area contributed by atoms with Crippen molar-refractivity contribution >= 4 is 22.4 Å². The fourth-order valence-corrected chi connectivity index (χ4v) is 4.31. The molecule has 6 nitrogen and oxygen atoms in total. The Labute approximate surface area is 207 Å². The summed E-state index contributed by atoms with van der Waals surface area (Å²) in [5, 5.41) is 19.3. The number of aromatic nitrogens is 1. The van der Waals surface area contributed by atoms with Crippen LogP contribution in [0.15, 0.2) is 112 Å². The molecule has 1 atom stereocenters. The lowest BCUT2D eigenvalue weighted by molar-refractivity contribution is -0.135. The number of amides is 1. The molecule has 178 valence electrons. The second-order valence-corrected chi connectivity index (χ2v) is 8.74. The third kappa shape index (κ3) is 4.54. The predicted molar refractivity (Wildman–Crippen MR) is 140 cm³/mol. The van der Waals surface area contributed by atoms with Gasteiger partial charge in [-0.3, -0.25) is 4.79 Å². The Morgan fingerprint density at radius 2 is 1.50 bits per heavy atom. The summed E-state index contributed by atoms with van der Waals surface area (Å²) in [7, 11) is 0. The van der Waals surface area contributed by atoms with E-state index >= 15 is 0 Å². The molecule has 0 fully saturated rings. The molecule has 4 aromatic carbocycles. The lowest BCUT2D eigenvalue weighted by atomic mass is 9.85. The van der Waals surface area contributed by atoms with Gasteiger partial charge in [0.2, 0.25) is 0 Å². The number of carbonyl (C=O) groups excluding carboxylic acids is 1. The minimum absolute atomic E-state index is 0.0790. The van der Waals surface area contributed by atoms with Crippen molar-refractivity contribution in [3.8, 4) is 11.1 Å². The van der Waals surface area contributed by atoms with Gasteiger partial charge < -0.3 is 14.9 Å². The van der Waals surface area contributed by atoms with Crippen LogP contribution in [0.3, 0.4) is 0 Å². The van der Waals surface area contributed by atoms with E-state index in [9.17, 15) is 14.7 Å². The molecule has 5 rings (SSSR count). The maximum Gasteiger partial charge on any atom is 0.366 e. The molecule has 1 amide bonds. The second-order valence-electron chi connectivity index (χ2n) is 8.74. The highest BCUT2D eigenvalue weighted by molar-refractivity contribution is 6.00. The molecule has 0 aliphatic heterocycles. The molecule has 0 aliphatic carbocycles. The quantitative estimate of drug-likeness (QED) is 0.350. The van der Waals surface area contributed by atoms with Gasteiger partial charge in [-0.15, -0.1) is 0 Å². The Balaban J connectivity index is 1.46. The SMILES string of the molecule is Cc1noc(=O)c2ccc(NC(=O)C(O)(Cc3ccc(-c4ccccc4)cc3)c3ccccc3)cc12. The zero-order valence-corrected chi connectivity index (χ0v) is 19.6. The Morgan fingerprint density at radius 1 is 0.861 bits per heavy atom. The van der Waals surface area contributed by atoms with Crippen LogP contribution in [-0.4, -0.2) is 16.2 Å². The third-order valence-electron chi connectivity index (χ3n) is 6.30. The van der Waals surface area contributed by atoms with Crippen molar-refractivity contribution in [3.63, 3.8) is 0 Å². The van der Waals surface area contributed by atoms with Gasteiger partial charge >= 0.3 is 5.63 Å². The van der Waals surface area contributed by atoms with E-state index in [4.69, 9.17) is 4.52 Å². The molecular weight excluding hydrogens is 452 g/mol. The van der Waals surface area contributed by atoms with Gasteiger partial charge in [-0.1, -0.05) is 90.1 Å². The van der Waals surface area contributed by atoms with E-state index in [0.717, 1.165) is 16.7 Å². The van der Waals surface area contributed by atoms with Crippen molar-refractivity contribution in [2.45, 2.75) is 18.9 Å². The Hall–Kier alpha value is -4.55. The first-order valence-electron chi connectivity index (χ1n) is 11.6. The number of anilines is 1. The van der Waals surface area contributed by atoms with E-state index in [2.05, 4.69) is 10.5 Å². The molecular formula is C30H24N2O4. The van der Waals surface area contributed by atoms with Gasteiger partial charge in [-0.2, -0.15) is 0 Å². The molecule has 36 heavy (non-hydrogen) atoms. The smallest absolute Gasteiger partial charge is 0.366 e. The number of nitrogens with zero attached hydrogens (tertiary/aromatic N) is 1. The Kier molecular flexibility index (Phi) is 6.19. The number of carbonyl (C=O) groups is 1. The van der Waals surface area contributed by atoms with E-state index < -0.39 is 17.1 Å². The van der Waals surface area contributed by atoms with Crippen LogP contribution in [0.25, 0.3) is 21.9 Å². The van der Waals surface area contributed by atoms with Crippen LogP contribution >= 0.6 is 0 Å². The van der Waals surface area contributed by atoms with E-state index in [1.807, 2.05) is 60.7 Å². The summed E-state index contributed by atoms with van der Waals surface area (Å²) in [5.74, 6) is -0.575. The molecule has 1 unspecified atom stereocenters. The number of rotatable bonds is 6. The zero-order chi connectivity index (χ0) is 25.1. The second kappa shape index (κ2) is 9.60. The minimum Gasteiger partial charge on any atom is -0.375 e. The van der Waals surface area contributed by atoms with E-state index in [1.54, 1.807) is 49.4 Å². The normalized spacial score (nSPS) is 12.7. The summed E-state index contributed by atoms with van der Waals surface area (Å²) < 4.78 is 4.77. The first kappa shape index (κ1) is 23.2. The summed E-state index contributed by atoms with van der Waals surface area (Å²) in [6, 6.07) is 31.6. The molecule has 2 N–H and O–H groups in total. The summed E-state index contributed by atoms with van der Waals surface area (Å²) in [4.78, 5) is 25.5. The monoisotopic (exact) mass is 476 g/mol. The number of nitrogens with one attached hydrogen (secondary N) is 1. The predicted octanol–water partition coefficient (Wildman–Crippen LogP) is 5.23. The highest BCUT2D eigenvalue weighted by Crippen LogP contribution is 2.30. The topological polar surface area (TPSA) is 92.4 Å². The number of benzene rings is 4. The van der Waals surface area contributed by atoms with E-state index in [-0.39, 0.29) is 6.42 Å². The number of fused-ring (bicyclic) bond motifs is 1. The van der Waals surface area contributed by atoms with Crippen LogP contribution in [0.5, 0.6) is 0 Å². The molecule has 0 bridgehead atoms. The van der Waals surface area contributed by atoms with Gasteiger partial charge in [0, 0.05) is 17.5 Å². The van der Waals surface area contributed by atoms with Gasteiger partial charge in [0.1, 0.15) is 0 Å². The summed E-state index contributed by atoms with van der Waals surface area (Å²) >= 11 is 0. The minimum atomic E-state index is -1.83. The molecule has 0 spiro atoms. The maximum atomic E-state index is 13.6. The number of aryl methyl sites for hydroxylation is 1. The highest BCUT2D eigenvalue weighted by atomic mass is 16.5. The molecule has 6 heteroatoms. The summed E-state index contributed by atoms with van der Waals surface area (Å²) in [5.41, 5.74) is 2.03. The lowest BCUT2D eigenvalue weighted by Gasteiger charge is -2.28. The van der Waals surface area contributed by atoms with Crippen LogP contribution in [0.2, 0.25) is 0 Å². The van der Waals surface area contributed by atoms with Crippen molar-refractivity contribution < 1.29 is 14.4 Å². The molecule has 1 heterocycles. The van der Waals surface area contributed by atoms with Gasteiger partial charge in [0.25, 0.3) is 5.91 Å². The molecule has 0 radical (unpaired) electrons. The van der Waals surface area contributed by atoms with Crippen molar-refractivity contribution in [2.24, 2.45) is 0 Å². The van der Waals surface area contributed by atoms with Gasteiger partial charge in [0.05, 0.1) is 11.1 Å². The van der Waals surface area contributed by atoms with Gasteiger partial charge in [-0.25, -0.2) is 4.79 Å². The average Bonchev–Trinajstić information content (AvgIpc) is 2.92. The Morgan fingerprint density at radius 3 is 2.19 bits per heavy atom. The summed E-state index contributed by atoms with van der Waals surface area (Å²) in [6.07, 6.45) is 0.0790. The van der Waals surface area contributed by atoms with Crippen molar-refractivity contribution in [1.82, 2.24) is 5.16 Å². The molecule has 1 aromatic heterocycles. The van der Waals surface area contributed by atoms with Crippen LogP contribution in [0, 0.1) is 6.92 Å². The van der Waals surface area contributed by atoms with Crippen LogP contribution in [0.1, 0.15) is 16.8 Å². The van der Waals surface area contributed by atoms with Crippen molar-refractivity contribution in [1.29, 1.82) is 0 Å². The fraction of sp³-hybridized carbons (Fsp3) is 0.100. The van der Waals surface area contributed by atoms with E-state index in [0.29, 0.717) is 27.7 Å². The van der Waals surface area contributed by atoms with Gasteiger partial charge in [0.15, 0.2) is 5.60 Å². The standard InChI is InChI=1S/C30H24N2O4/c1-20-27-18-25(16-17-26(27)28(33)36-32-20)31-29(34)30(35,24-10-6-3-7-11-24)19-21-12-14-23(15-13-21)22-8-4-2-5-9-22/h2-18,35H,19H2,1H3,(H,31,34).